The van der Waals surface area contributed by atoms with Crippen LogP contribution in [0.2, 0.25) is 0 Å². The third-order valence-electron chi connectivity index (χ3n) is 3.23. The molecule has 1 aromatic heterocycles. The molecular formula is C13H24N4O2. The smallest absolute Gasteiger partial charge is 0.220 e. The third kappa shape index (κ3) is 4.98. The zero-order valence-electron chi connectivity index (χ0n) is 12.1. The second kappa shape index (κ2) is 6.65. The Balaban J connectivity index is 2.33. The van der Waals surface area contributed by atoms with Gasteiger partial charge in [-0.15, -0.1) is 0 Å². The molecule has 0 aliphatic rings. The highest BCUT2D eigenvalue weighted by Gasteiger charge is 2.30. The van der Waals surface area contributed by atoms with Crippen molar-refractivity contribution in [3.8, 4) is 0 Å². The number of hydrogen-bond acceptors (Lipinski definition) is 4. The van der Waals surface area contributed by atoms with Crippen LogP contribution in [0.4, 0.5) is 0 Å². The van der Waals surface area contributed by atoms with E-state index in [1.165, 1.54) is 6.33 Å². The van der Waals surface area contributed by atoms with Gasteiger partial charge in [-0.3, -0.25) is 9.89 Å². The van der Waals surface area contributed by atoms with E-state index in [0.717, 1.165) is 0 Å². The summed E-state index contributed by atoms with van der Waals surface area (Å²) in [5.74, 6) is 0.832. The number of aromatic amines is 1. The second-order valence-corrected chi connectivity index (χ2v) is 5.89. The lowest BCUT2D eigenvalue weighted by Gasteiger charge is -2.33. The Hall–Kier alpha value is -1.43. The molecule has 0 bridgehead atoms. The van der Waals surface area contributed by atoms with Gasteiger partial charge in [-0.2, -0.15) is 5.10 Å². The molecule has 0 aromatic carbocycles. The summed E-state index contributed by atoms with van der Waals surface area (Å²) in [5, 5.41) is 19.4. The Kier molecular flexibility index (Phi) is 5.47. The quantitative estimate of drug-likeness (QED) is 0.685. The van der Waals surface area contributed by atoms with Crippen molar-refractivity contribution < 1.29 is 9.90 Å². The third-order valence-corrected chi connectivity index (χ3v) is 3.23. The molecule has 1 aromatic rings. The number of amides is 1. The molecule has 0 saturated heterocycles. The molecule has 0 aliphatic carbocycles. The molecule has 1 amide bonds. The van der Waals surface area contributed by atoms with Crippen LogP contribution in [0.25, 0.3) is 0 Å². The molecule has 1 heterocycles. The van der Waals surface area contributed by atoms with Gasteiger partial charge in [0.1, 0.15) is 12.2 Å². The highest BCUT2D eigenvalue weighted by atomic mass is 16.3. The zero-order valence-corrected chi connectivity index (χ0v) is 12.1. The molecule has 19 heavy (non-hydrogen) atoms. The number of aromatic nitrogens is 3. The number of aliphatic hydroxyl groups excluding tert-OH is 1. The van der Waals surface area contributed by atoms with Gasteiger partial charge >= 0.3 is 0 Å². The summed E-state index contributed by atoms with van der Waals surface area (Å²) in [6, 6.07) is 0. The van der Waals surface area contributed by atoms with Crippen LogP contribution in [0.3, 0.4) is 0 Å². The Morgan fingerprint density at radius 1 is 1.53 bits per heavy atom. The molecule has 0 aliphatic heterocycles. The largest absolute Gasteiger partial charge is 0.392 e. The minimum absolute atomic E-state index is 0.0413. The molecule has 3 N–H and O–H groups in total. The van der Waals surface area contributed by atoms with Crippen molar-refractivity contribution in [2.45, 2.75) is 46.6 Å². The number of nitrogens with one attached hydrogen (secondary N) is 2. The van der Waals surface area contributed by atoms with Gasteiger partial charge in [0, 0.05) is 24.8 Å². The van der Waals surface area contributed by atoms with Gasteiger partial charge in [-0.1, -0.05) is 27.7 Å². The maximum atomic E-state index is 11.7. The Morgan fingerprint density at radius 2 is 2.21 bits per heavy atom. The summed E-state index contributed by atoms with van der Waals surface area (Å²) < 4.78 is 0. The van der Waals surface area contributed by atoms with E-state index in [9.17, 15) is 9.90 Å². The summed E-state index contributed by atoms with van der Waals surface area (Å²) in [6.45, 7) is 8.31. The lowest BCUT2D eigenvalue weighted by Crippen LogP contribution is -2.43. The van der Waals surface area contributed by atoms with E-state index in [-0.39, 0.29) is 17.2 Å². The maximum Gasteiger partial charge on any atom is 0.220 e. The number of rotatable bonds is 7. The minimum atomic E-state index is -0.443. The highest BCUT2D eigenvalue weighted by molar-refractivity contribution is 5.76. The Morgan fingerprint density at radius 3 is 2.74 bits per heavy atom. The highest BCUT2D eigenvalue weighted by Crippen LogP contribution is 2.25. The van der Waals surface area contributed by atoms with Crippen molar-refractivity contribution in [3.63, 3.8) is 0 Å². The van der Waals surface area contributed by atoms with E-state index in [1.807, 2.05) is 27.7 Å². The first kappa shape index (κ1) is 15.6. The average Bonchev–Trinajstić information content (AvgIpc) is 2.86. The van der Waals surface area contributed by atoms with E-state index in [4.69, 9.17) is 0 Å². The molecule has 6 nitrogen and oxygen atoms in total. The fourth-order valence-corrected chi connectivity index (χ4v) is 2.00. The van der Waals surface area contributed by atoms with E-state index in [1.54, 1.807) is 0 Å². The molecule has 108 valence electrons. The van der Waals surface area contributed by atoms with Crippen LogP contribution in [-0.4, -0.2) is 38.8 Å². The second-order valence-electron chi connectivity index (χ2n) is 5.89. The number of hydrogen-bond donors (Lipinski definition) is 3. The number of aliphatic hydroxyl groups is 1. The van der Waals surface area contributed by atoms with E-state index in [2.05, 4.69) is 20.5 Å². The average molecular weight is 268 g/mol. The van der Waals surface area contributed by atoms with Crippen LogP contribution >= 0.6 is 0 Å². The number of carbonyl (C=O) groups excluding carboxylic acids is 1. The molecule has 0 radical (unpaired) electrons. The van der Waals surface area contributed by atoms with Crippen molar-refractivity contribution in [2.75, 3.05) is 6.54 Å². The molecule has 1 unspecified atom stereocenters. The fourth-order valence-electron chi connectivity index (χ4n) is 2.00. The number of H-pyrrole nitrogens is 1. The monoisotopic (exact) mass is 268 g/mol. The van der Waals surface area contributed by atoms with Crippen LogP contribution in [0.15, 0.2) is 6.33 Å². The lowest BCUT2D eigenvalue weighted by molar-refractivity contribution is -0.122. The van der Waals surface area contributed by atoms with Crippen LogP contribution in [0, 0.1) is 11.3 Å². The van der Waals surface area contributed by atoms with E-state index >= 15 is 0 Å². The van der Waals surface area contributed by atoms with E-state index in [0.29, 0.717) is 25.2 Å². The number of aryl methyl sites for hydroxylation is 1. The van der Waals surface area contributed by atoms with Crippen LogP contribution in [0.1, 0.15) is 39.9 Å². The van der Waals surface area contributed by atoms with Gasteiger partial charge in [0.25, 0.3) is 0 Å². The van der Waals surface area contributed by atoms with Gasteiger partial charge in [-0.25, -0.2) is 4.98 Å². The van der Waals surface area contributed by atoms with Gasteiger partial charge in [-0.05, 0) is 5.92 Å². The summed E-state index contributed by atoms with van der Waals surface area (Å²) in [4.78, 5) is 15.7. The van der Waals surface area contributed by atoms with E-state index < -0.39 is 6.10 Å². The zero-order chi connectivity index (χ0) is 14.5. The summed E-state index contributed by atoms with van der Waals surface area (Å²) >= 11 is 0. The first-order chi connectivity index (χ1) is 8.83. The Bertz CT molecular complexity index is 387. The molecule has 1 atom stereocenters. The molecule has 6 heteroatoms. The lowest BCUT2D eigenvalue weighted by atomic mass is 9.80. The molecule has 0 fully saturated rings. The molecule has 0 spiro atoms. The standard InChI is InChI=1S/C13H24N4O2/c1-9(2)12(19)13(3,4)7-14-11(18)6-5-10-15-8-16-17-10/h8-9,12,19H,5-7H2,1-4H3,(H,14,18)(H,15,16,17). The van der Waals surface area contributed by atoms with Crippen molar-refractivity contribution in [1.82, 2.24) is 20.5 Å². The van der Waals surface area contributed by atoms with Gasteiger partial charge < -0.3 is 10.4 Å². The molecule has 1 rings (SSSR count). The van der Waals surface area contributed by atoms with Gasteiger partial charge in [0.2, 0.25) is 5.91 Å². The normalized spacial score (nSPS) is 13.6. The first-order valence-electron chi connectivity index (χ1n) is 6.62. The van der Waals surface area contributed by atoms with Crippen LogP contribution in [0.5, 0.6) is 0 Å². The first-order valence-corrected chi connectivity index (χ1v) is 6.62. The van der Waals surface area contributed by atoms with Gasteiger partial charge in [0.15, 0.2) is 0 Å². The predicted octanol–water partition coefficient (Wildman–Crippen LogP) is 0.897. The Labute approximate surface area is 114 Å². The topological polar surface area (TPSA) is 90.9 Å². The minimum Gasteiger partial charge on any atom is -0.392 e. The van der Waals surface area contributed by atoms with Crippen molar-refractivity contribution in [3.05, 3.63) is 12.2 Å². The van der Waals surface area contributed by atoms with Crippen molar-refractivity contribution in [2.24, 2.45) is 11.3 Å². The van der Waals surface area contributed by atoms with Crippen LogP contribution in [-0.2, 0) is 11.2 Å². The number of carbonyl (C=O) groups is 1. The summed E-state index contributed by atoms with van der Waals surface area (Å²) in [6.07, 6.45) is 1.89. The van der Waals surface area contributed by atoms with Crippen LogP contribution < -0.4 is 5.32 Å². The summed E-state index contributed by atoms with van der Waals surface area (Å²) in [5.41, 5.74) is -0.337. The number of nitrogens with zero attached hydrogens (tertiary/aromatic N) is 2. The predicted molar refractivity (Wildman–Crippen MR) is 72.3 cm³/mol. The fraction of sp³-hybridized carbons (Fsp3) is 0.769. The van der Waals surface area contributed by atoms with Crippen molar-refractivity contribution >= 4 is 5.91 Å². The molecular weight excluding hydrogens is 244 g/mol. The maximum absolute atomic E-state index is 11.7. The SMILES string of the molecule is CC(C)C(O)C(C)(C)CNC(=O)CCc1ncn[nH]1. The van der Waals surface area contributed by atoms with Crippen molar-refractivity contribution in [1.29, 1.82) is 0 Å². The van der Waals surface area contributed by atoms with Gasteiger partial charge in [0.05, 0.1) is 6.10 Å². The molecule has 0 saturated carbocycles. The summed E-state index contributed by atoms with van der Waals surface area (Å²) in [7, 11) is 0.